The van der Waals surface area contributed by atoms with Gasteiger partial charge in [-0.3, -0.25) is 24.7 Å². The highest BCUT2D eigenvalue weighted by atomic mass is 19.4. The maximum absolute atomic E-state index is 12.9. The van der Waals surface area contributed by atoms with Gasteiger partial charge in [0.15, 0.2) is 0 Å². The number of aryl methyl sites for hydroxylation is 1. The number of piperazine rings is 1. The van der Waals surface area contributed by atoms with E-state index in [9.17, 15) is 32.9 Å². The lowest BCUT2D eigenvalue weighted by atomic mass is 10.1. The molecule has 2 amide bonds. The fourth-order valence-electron chi connectivity index (χ4n) is 3.13. The Morgan fingerprint density at radius 2 is 1.67 bits per heavy atom. The van der Waals surface area contributed by atoms with Crippen LogP contribution in [0, 0.1) is 17.0 Å². The van der Waals surface area contributed by atoms with Gasteiger partial charge < -0.3 is 9.80 Å². The molecule has 1 aromatic heterocycles. The third-order valence-electron chi connectivity index (χ3n) is 4.80. The molecule has 0 aliphatic carbocycles. The molecule has 1 fully saturated rings. The highest BCUT2D eigenvalue weighted by Crippen LogP contribution is 2.30. The van der Waals surface area contributed by atoms with Gasteiger partial charge in [-0.15, -0.1) is 0 Å². The van der Waals surface area contributed by atoms with Crippen molar-refractivity contribution in [1.29, 1.82) is 0 Å². The van der Waals surface area contributed by atoms with Crippen LogP contribution in [0.1, 0.15) is 32.0 Å². The summed E-state index contributed by atoms with van der Waals surface area (Å²) in [6.07, 6.45) is -3.48. The molecule has 8 nitrogen and oxygen atoms in total. The predicted molar refractivity (Wildman–Crippen MR) is 98.9 cm³/mol. The standard InChI is InChI=1S/C19H17F3N4O4/c1-12-16(10-15(11-23-12)26(29)30)18(28)25-7-5-24(6-8-25)17(27)13-3-2-4-14(9-13)19(20,21)22/h2-4,9-11H,5-8H2,1H3. The number of halogens is 3. The third-order valence-corrected chi connectivity index (χ3v) is 4.80. The molecule has 0 spiro atoms. The van der Waals surface area contributed by atoms with Crippen LogP contribution in [0.15, 0.2) is 36.5 Å². The number of carbonyl (C=O) groups is 2. The fraction of sp³-hybridized carbons (Fsp3) is 0.316. The minimum Gasteiger partial charge on any atom is -0.335 e. The van der Waals surface area contributed by atoms with Crippen LogP contribution in [0.25, 0.3) is 0 Å². The number of aromatic nitrogens is 1. The summed E-state index contributed by atoms with van der Waals surface area (Å²) in [5.74, 6) is -1.00. The number of rotatable bonds is 3. The van der Waals surface area contributed by atoms with Gasteiger partial charge in [-0.1, -0.05) is 6.07 Å². The molecule has 2 heterocycles. The van der Waals surface area contributed by atoms with Gasteiger partial charge in [0, 0.05) is 37.8 Å². The van der Waals surface area contributed by atoms with Crippen molar-refractivity contribution in [3.05, 3.63) is 69.0 Å². The smallest absolute Gasteiger partial charge is 0.335 e. The lowest BCUT2D eigenvalue weighted by molar-refractivity contribution is -0.385. The monoisotopic (exact) mass is 422 g/mol. The van der Waals surface area contributed by atoms with Gasteiger partial charge in [0.2, 0.25) is 0 Å². The minimum absolute atomic E-state index is 0.0802. The van der Waals surface area contributed by atoms with E-state index in [0.717, 1.165) is 24.4 Å². The Kier molecular flexibility index (Phi) is 5.72. The van der Waals surface area contributed by atoms with E-state index in [4.69, 9.17) is 0 Å². The second-order valence-corrected chi connectivity index (χ2v) is 6.75. The van der Waals surface area contributed by atoms with E-state index >= 15 is 0 Å². The average molecular weight is 422 g/mol. The Morgan fingerprint density at radius 1 is 1.07 bits per heavy atom. The molecule has 2 aromatic rings. The summed E-state index contributed by atoms with van der Waals surface area (Å²) in [6, 6.07) is 5.34. The van der Waals surface area contributed by atoms with Gasteiger partial charge in [0.1, 0.15) is 6.20 Å². The van der Waals surface area contributed by atoms with Crippen molar-refractivity contribution in [1.82, 2.24) is 14.8 Å². The summed E-state index contributed by atoms with van der Waals surface area (Å²) < 4.78 is 38.6. The Bertz CT molecular complexity index is 1000. The highest BCUT2D eigenvalue weighted by molar-refractivity contribution is 5.97. The maximum Gasteiger partial charge on any atom is 0.416 e. The van der Waals surface area contributed by atoms with Crippen LogP contribution in [-0.4, -0.2) is 57.7 Å². The summed E-state index contributed by atoms with van der Waals surface area (Å²) >= 11 is 0. The first-order valence-electron chi connectivity index (χ1n) is 8.95. The van der Waals surface area contributed by atoms with Crippen molar-refractivity contribution in [2.24, 2.45) is 0 Å². The van der Waals surface area contributed by atoms with E-state index in [-0.39, 0.29) is 43.0 Å². The van der Waals surface area contributed by atoms with Gasteiger partial charge in [-0.2, -0.15) is 13.2 Å². The average Bonchev–Trinajstić information content (AvgIpc) is 2.72. The molecule has 0 unspecified atom stereocenters. The zero-order valence-corrected chi connectivity index (χ0v) is 15.8. The summed E-state index contributed by atoms with van der Waals surface area (Å²) in [5, 5.41) is 10.9. The third kappa shape index (κ3) is 4.39. The van der Waals surface area contributed by atoms with Crippen LogP contribution in [0.3, 0.4) is 0 Å². The molecular formula is C19H17F3N4O4. The van der Waals surface area contributed by atoms with Gasteiger partial charge in [0.25, 0.3) is 17.5 Å². The van der Waals surface area contributed by atoms with Crippen molar-refractivity contribution >= 4 is 17.5 Å². The topological polar surface area (TPSA) is 96.6 Å². The van der Waals surface area contributed by atoms with Gasteiger partial charge in [-0.25, -0.2) is 0 Å². The molecule has 1 aliphatic rings. The van der Waals surface area contributed by atoms with Gasteiger partial charge in [0.05, 0.1) is 21.7 Å². The first-order chi connectivity index (χ1) is 14.1. The zero-order chi connectivity index (χ0) is 22.1. The number of pyridine rings is 1. The lowest BCUT2D eigenvalue weighted by Crippen LogP contribution is -2.50. The van der Waals surface area contributed by atoms with Gasteiger partial charge in [-0.05, 0) is 25.1 Å². The molecule has 0 N–H and O–H groups in total. The van der Waals surface area contributed by atoms with Crippen LogP contribution in [0.2, 0.25) is 0 Å². The quantitative estimate of drug-likeness (QED) is 0.560. The van der Waals surface area contributed by atoms with Crippen molar-refractivity contribution < 1.29 is 27.7 Å². The normalized spacial score (nSPS) is 14.5. The molecule has 0 saturated carbocycles. The van der Waals surface area contributed by atoms with Crippen LogP contribution in [-0.2, 0) is 6.18 Å². The fourth-order valence-corrected chi connectivity index (χ4v) is 3.13. The number of nitrogens with zero attached hydrogens (tertiary/aromatic N) is 4. The molecule has 0 radical (unpaired) electrons. The minimum atomic E-state index is -4.55. The number of amides is 2. The van der Waals surface area contributed by atoms with E-state index in [0.29, 0.717) is 5.69 Å². The van der Waals surface area contributed by atoms with E-state index < -0.39 is 28.5 Å². The van der Waals surface area contributed by atoms with E-state index in [1.165, 1.54) is 21.9 Å². The maximum atomic E-state index is 12.9. The van der Waals surface area contributed by atoms with Crippen molar-refractivity contribution in [2.75, 3.05) is 26.2 Å². The largest absolute Gasteiger partial charge is 0.416 e. The predicted octanol–water partition coefficient (Wildman–Crippen LogP) is 2.92. The summed E-state index contributed by atoms with van der Waals surface area (Å²) in [5.41, 5.74) is -0.851. The Balaban J connectivity index is 1.69. The molecule has 11 heteroatoms. The second kappa shape index (κ2) is 8.09. The summed E-state index contributed by atoms with van der Waals surface area (Å²) in [6.45, 7) is 2.10. The Labute approximate surface area is 169 Å². The molecule has 1 saturated heterocycles. The van der Waals surface area contributed by atoms with E-state index in [2.05, 4.69) is 4.98 Å². The van der Waals surface area contributed by atoms with E-state index in [1.807, 2.05) is 0 Å². The Hall–Kier alpha value is -3.50. The lowest BCUT2D eigenvalue weighted by Gasteiger charge is -2.35. The van der Waals surface area contributed by atoms with Crippen molar-refractivity contribution in [3.8, 4) is 0 Å². The number of hydrogen-bond acceptors (Lipinski definition) is 5. The molecule has 1 aromatic carbocycles. The van der Waals surface area contributed by atoms with E-state index in [1.54, 1.807) is 6.92 Å². The van der Waals surface area contributed by atoms with Crippen LogP contribution < -0.4 is 0 Å². The van der Waals surface area contributed by atoms with Crippen LogP contribution >= 0.6 is 0 Å². The van der Waals surface area contributed by atoms with Crippen molar-refractivity contribution in [3.63, 3.8) is 0 Å². The molecule has 158 valence electrons. The number of carbonyl (C=O) groups excluding carboxylic acids is 2. The second-order valence-electron chi connectivity index (χ2n) is 6.75. The summed E-state index contributed by atoms with van der Waals surface area (Å²) in [7, 11) is 0. The molecular weight excluding hydrogens is 405 g/mol. The van der Waals surface area contributed by atoms with Crippen LogP contribution in [0.4, 0.5) is 18.9 Å². The van der Waals surface area contributed by atoms with Crippen molar-refractivity contribution in [2.45, 2.75) is 13.1 Å². The number of benzene rings is 1. The number of alkyl halides is 3. The molecule has 0 bridgehead atoms. The highest BCUT2D eigenvalue weighted by Gasteiger charge is 2.32. The first-order valence-corrected chi connectivity index (χ1v) is 8.95. The number of nitro groups is 1. The van der Waals surface area contributed by atoms with Crippen LogP contribution in [0.5, 0.6) is 0 Å². The Morgan fingerprint density at radius 3 is 2.23 bits per heavy atom. The number of hydrogen-bond donors (Lipinski definition) is 0. The molecule has 1 aliphatic heterocycles. The zero-order valence-electron chi connectivity index (χ0n) is 15.8. The van der Waals surface area contributed by atoms with Gasteiger partial charge >= 0.3 is 6.18 Å². The molecule has 0 atom stereocenters. The SMILES string of the molecule is Cc1ncc([N+](=O)[O-])cc1C(=O)N1CCN(C(=O)c2cccc(C(F)(F)F)c2)CC1. The summed E-state index contributed by atoms with van der Waals surface area (Å²) in [4.78, 5) is 42.3. The molecule has 30 heavy (non-hydrogen) atoms. The first kappa shape index (κ1) is 21.2. The molecule has 3 rings (SSSR count).